The van der Waals surface area contributed by atoms with Crippen LogP contribution in [0.5, 0.6) is 0 Å². The normalized spacial score (nSPS) is 13.0. The van der Waals surface area contributed by atoms with E-state index in [-0.39, 0.29) is 6.04 Å². The number of hydrogen-bond acceptors (Lipinski definition) is 2. The third-order valence-electron chi connectivity index (χ3n) is 2.89. The molecule has 2 aromatic rings. The number of aliphatic hydroxyl groups is 1. The summed E-state index contributed by atoms with van der Waals surface area (Å²) in [5.41, 5.74) is 2.83. The Morgan fingerprint density at radius 3 is 2.67 bits per heavy atom. The van der Waals surface area contributed by atoms with Gasteiger partial charge in [-0.3, -0.25) is 4.68 Å². The summed E-state index contributed by atoms with van der Waals surface area (Å²) in [6.07, 6.45) is 1.07. The average Bonchev–Trinajstić information content (AvgIpc) is 2.70. The number of aliphatic hydroxyl groups excluding tert-OH is 1. The molecule has 0 bridgehead atoms. The van der Waals surface area contributed by atoms with Gasteiger partial charge in [0.05, 0.1) is 16.4 Å². The van der Waals surface area contributed by atoms with Crippen molar-refractivity contribution >= 4 is 15.9 Å². The molecule has 0 saturated carbocycles. The van der Waals surface area contributed by atoms with Crippen molar-refractivity contribution in [1.82, 2.24) is 9.78 Å². The molecule has 4 heteroatoms. The number of nitrogens with zero attached hydrogens (tertiary/aromatic N) is 2. The number of rotatable bonds is 3. The van der Waals surface area contributed by atoms with Crippen LogP contribution in [0.25, 0.3) is 0 Å². The van der Waals surface area contributed by atoms with Crippen molar-refractivity contribution < 1.29 is 5.11 Å². The molecule has 96 valence electrons. The Balaban J connectivity index is 2.45. The van der Waals surface area contributed by atoms with Crippen molar-refractivity contribution in [2.75, 3.05) is 0 Å². The van der Waals surface area contributed by atoms with E-state index in [0.717, 1.165) is 21.3 Å². The Kier molecular flexibility index (Phi) is 3.88. The van der Waals surface area contributed by atoms with E-state index in [9.17, 15) is 5.11 Å². The summed E-state index contributed by atoms with van der Waals surface area (Å²) >= 11 is 3.46. The van der Waals surface area contributed by atoms with E-state index in [4.69, 9.17) is 0 Å². The maximum atomic E-state index is 10.5. The quantitative estimate of drug-likeness (QED) is 0.940. The Hall–Kier alpha value is -1.13. The zero-order valence-corrected chi connectivity index (χ0v) is 12.3. The topological polar surface area (TPSA) is 38.1 Å². The van der Waals surface area contributed by atoms with Gasteiger partial charge in [-0.25, -0.2) is 0 Å². The van der Waals surface area contributed by atoms with E-state index >= 15 is 0 Å². The first-order valence-electron chi connectivity index (χ1n) is 5.98. The summed E-state index contributed by atoms with van der Waals surface area (Å²) in [5.74, 6) is 0. The lowest BCUT2D eigenvalue weighted by molar-refractivity contribution is 0.204. The van der Waals surface area contributed by atoms with E-state index in [2.05, 4.69) is 21.0 Å². The highest BCUT2D eigenvalue weighted by molar-refractivity contribution is 9.10. The van der Waals surface area contributed by atoms with E-state index in [1.54, 1.807) is 6.20 Å². The van der Waals surface area contributed by atoms with Crippen molar-refractivity contribution in [3.05, 3.63) is 51.8 Å². The van der Waals surface area contributed by atoms with Crippen molar-refractivity contribution in [1.29, 1.82) is 0 Å². The number of aryl methyl sites for hydroxylation is 1. The fraction of sp³-hybridized carbons (Fsp3) is 0.357. The molecule has 1 heterocycles. The highest BCUT2D eigenvalue weighted by atomic mass is 79.9. The zero-order chi connectivity index (χ0) is 13.3. The van der Waals surface area contributed by atoms with E-state index < -0.39 is 6.10 Å². The summed E-state index contributed by atoms with van der Waals surface area (Å²) in [4.78, 5) is 0. The van der Waals surface area contributed by atoms with Crippen LogP contribution in [-0.2, 0) is 0 Å². The Morgan fingerprint density at radius 1 is 1.33 bits per heavy atom. The number of hydrogen-bond donors (Lipinski definition) is 1. The van der Waals surface area contributed by atoms with Crippen LogP contribution in [0.2, 0.25) is 0 Å². The molecule has 0 aliphatic carbocycles. The lowest BCUT2D eigenvalue weighted by Gasteiger charge is -2.17. The van der Waals surface area contributed by atoms with Gasteiger partial charge in [0.2, 0.25) is 0 Å². The molecule has 0 spiro atoms. The molecular weight excluding hydrogens is 292 g/mol. The second-order valence-corrected chi connectivity index (χ2v) is 5.59. The third kappa shape index (κ3) is 2.49. The second-order valence-electron chi connectivity index (χ2n) is 4.73. The Labute approximate surface area is 116 Å². The largest absolute Gasteiger partial charge is 0.382 e. The average molecular weight is 309 g/mol. The van der Waals surface area contributed by atoms with Crippen LogP contribution in [0.4, 0.5) is 0 Å². The predicted molar refractivity (Wildman–Crippen MR) is 75.6 cm³/mol. The molecule has 0 radical (unpaired) electrons. The molecule has 1 N–H and O–H groups in total. The first kappa shape index (κ1) is 13.3. The first-order chi connectivity index (χ1) is 8.50. The molecule has 0 amide bonds. The minimum atomic E-state index is -0.663. The van der Waals surface area contributed by atoms with Crippen molar-refractivity contribution in [3.8, 4) is 0 Å². The van der Waals surface area contributed by atoms with E-state index in [1.165, 1.54) is 0 Å². The smallest absolute Gasteiger partial charge is 0.122 e. The summed E-state index contributed by atoms with van der Waals surface area (Å²) in [5, 5.41) is 14.8. The van der Waals surface area contributed by atoms with Crippen LogP contribution in [-0.4, -0.2) is 14.9 Å². The lowest BCUT2D eigenvalue weighted by atomic mass is 10.0. The van der Waals surface area contributed by atoms with Gasteiger partial charge in [-0.1, -0.05) is 29.8 Å². The maximum absolute atomic E-state index is 10.5. The molecular formula is C14H17BrN2O. The van der Waals surface area contributed by atoms with Crippen LogP contribution in [0.1, 0.15) is 42.8 Å². The van der Waals surface area contributed by atoms with Crippen molar-refractivity contribution in [2.45, 2.75) is 32.9 Å². The van der Waals surface area contributed by atoms with E-state index in [0.29, 0.717) is 0 Å². The SMILES string of the molecule is Cc1cccc(C(O)c2c(Br)cnn2C(C)C)c1. The van der Waals surface area contributed by atoms with Crippen LogP contribution < -0.4 is 0 Å². The van der Waals surface area contributed by atoms with Crippen LogP contribution >= 0.6 is 15.9 Å². The molecule has 0 aliphatic heterocycles. The highest BCUT2D eigenvalue weighted by Crippen LogP contribution is 2.30. The molecule has 0 aliphatic rings. The summed E-state index contributed by atoms with van der Waals surface area (Å²) in [6.45, 7) is 6.11. The van der Waals surface area contributed by atoms with Crippen molar-refractivity contribution in [3.63, 3.8) is 0 Å². The first-order valence-corrected chi connectivity index (χ1v) is 6.77. The van der Waals surface area contributed by atoms with Gasteiger partial charge < -0.3 is 5.11 Å². The van der Waals surface area contributed by atoms with Gasteiger partial charge >= 0.3 is 0 Å². The molecule has 1 atom stereocenters. The molecule has 1 aromatic heterocycles. The standard InChI is InChI=1S/C14H17BrN2O/c1-9(2)17-13(12(15)8-16-17)14(18)11-6-4-5-10(3)7-11/h4-9,14,18H,1-3H3. The fourth-order valence-electron chi connectivity index (χ4n) is 2.02. The number of benzene rings is 1. The fourth-order valence-corrected chi connectivity index (χ4v) is 2.51. The van der Waals surface area contributed by atoms with Crippen LogP contribution in [0.15, 0.2) is 34.9 Å². The van der Waals surface area contributed by atoms with Gasteiger partial charge in [0.25, 0.3) is 0 Å². The molecule has 1 aromatic carbocycles. The summed E-state index contributed by atoms with van der Waals surface area (Å²) in [6, 6.07) is 8.12. The molecule has 3 nitrogen and oxygen atoms in total. The Morgan fingerprint density at radius 2 is 2.06 bits per heavy atom. The minimum Gasteiger partial charge on any atom is -0.382 e. The zero-order valence-electron chi connectivity index (χ0n) is 10.8. The number of halogens is 1. The molecule has 18 heavy (non-hydrogen) atoms. The number of aromatic nitrogens is 2. The summed E-state index contributed by atoms with van der Waals surface area (Å²) < 4.78 is 2.68. The summed E-state index contributed by atoms with van der Waals surface area (Å²) in [7, 11) is 0. The van der Waals surface area contributed by atoms with Gasteiger partial charge in [0.1, 0.15) is 6.10 Å². The molecule has 0 fully saturated rings. The van der Waals surface area contributed by atoms with Crippen LogP contribution in [0, 0.1) is 6.92 Å². The van der Waals surface area contributed by atoms with Gasteiger partial charge in [-0.15, -0.1) is 0 Å². The molecule has 1 unspecified atom stereocenters. The predicted octanol–water partition coefficient (Wildman–Crippen LogP) is 3.62. The third-order valence-corrected chi connectivity index (χ3v) is 3.50. The molecule has 0 saturated heterocycles. The maximum Gasteiger partial charge on any atom is 0.122 e. The van der Waals surface area contributed by atoms with E-state index in [1.807, 2.05) is 49.7 Å². The highest BCUT2D eigenvalue weighted by Gasteiger charge is 2.20. The van der Waals surface area contributed by atoms with Gasteiger partial charge in [0, 0.05) is 6.04 Å². The van der Waals surface area contributed by atoms with Gasteiger partial charge in [-0.05, 0) is 42.3 Å². The van der Waals surface area contributed by atoms with Crippen LogP contribution in [0.3, 0.4) is 0 Å². The minimum absolute atomic E-state index is 0.214. The van der Waals surface area contributed by atoms with Gasteiger partial charge in [0.15, 0.2) is 0 Å². The monoisotopic (exact) mass is 308 g/mol. The lowest BCUT2D eigenvalue weighted by Crippen LogP contribution is -2.12. The second kappa shape index (κ2) is 5.24. The Bertz CT molecular complexity index is 548. The van der Waals surface area contributed by atoms with Gasteiger partial charge in [-0.2, -0.15) is 5.10 Å². The van der Waals surface area contributed by atoms with Crippen molar-refractivity contribution in [2.24, 2.45) is 0 Å². The molecule has 2 rings (SSSR count).